The summed E-state index contributed by atoms with van der Waals surface area (Å²) in [4.78, 5) is 21.7. The van der Waals surface area contributed by atoms with Gasteiger partial charge in [0, 0.05) is 11.4 Å². The smallest absolute Gasteiger partial charge is 0.348 e. The number of aromatic nitrogens is 2. The standard InChI is InChI=1S/C32H34N2O4/c1-4-11-25-16-18-26(19-17-25)20-21-37-32(27-12-7-5-8-13-27,28-14-9-6-10-15-28)29(30(35)36)38-31-33-23(2)22-24(3)34-31/h5-10,12-19,22,29H,4,11,20-21H2,1-3H3,(H,35,36). The van der Waals surface area contributed by atoms with Crippen molar-refractivity contribution < 1.29 is 19.4 Å². The second-order valence-corrected chi connectivity index (χ2v) is 9.40. The van der Waals surface area contributed by atoms with Gasteiger partial charge in [-0.3, -0.25) is 0 Å². The third-order valence-electron chi connectivity index (χ3n) is 6.47. The van der Waals surface area contributed by atoms with Gasteiger partial charge in [-0.2, -0.15) is 0 Å². The van der Waals surface area contributed by atoms with E-state index in [1.807, 2.05) is 80.6 Å². The number of benzene rings is 3. The van der Waals surface area contributed by atoms with E-state index < -0.39 is 17.7 Å². The predicted molar refractivity (Wildman–Crippen MR) is 147 cm³/mol. The molecule has 38 heavy (non-hydrogen) atoms. The van der Waals surface area contributed by atoms with Crippen molar-refractivity contribution in [2.75, 3.05) is 6.61 Å². The SMILES string of the molecule is CCCc1ccc(CCOC(c2ccccc2)(c2ccccc2)C(Oc2nc(C)cc(C)n2)C(=O)O)cc1. The molecule has 1 heterocycles. The number of ether oxygens (including phenoxy) is 2. The summed E-state index contributed by atoms with van der Waals surface area (Å²) in [6, 6.07) is 29.0. The van der Waals surface area contributed by atoms with Crippen LogP contribution in [0.3, 0.4) is 0 Å². The van der Waals surface area contributed by atoms with Gasteiger partial charge in [0.15, 0.2) is 5.60 Å². The fourth-order valence-corrected chi connectivity index (χ4v) is 4.73. The molecule has 3 aromatic carbocycles. The highest BCUT2D eigenvalue weighted by Crippen LogP contribution is 2.39. The second-order valence-electron chi connectivity index (χ2n) is 9.40. The number of aryl methyl sites for hydroxylation is 3. The Morgan fingerprint density at radius 1 is 0.816 bits per heavy atom. The first kappa shape index (κ1) is 27.0. The number of carbonyl (C=O) groups is 1. The van der Waals surface area contributed by atoms with Gasteiger partial charge >= 0.3 is 12.0 Å². The van der Waals surface area contributed by atoms with Crippen molar-refractivity contribution in [3.63, 3.8) is 0 Å². The number of carboxylic acid groups (broad SMARTS) is 1. The summed E-state index contributed by atoms with van der Waals surface area (Å²) in [5.74, 6) is -1.18. The Morgan fingerprint density at radius 2 is 1.32 bits per heavy atom. The summed E-state index contributed by atoms with van der Waals surface area (Å²) in [7, 11) is 0. The topological polar surface area (TPSA) is 81.5 Å². The maximum absolute atomic E-state index is 12.9. The summed E-state index contributed by atoms with van der Waals surface area (Å²) in [6.45, 7) is 6.08. The van der Waals surface area contributed by atoms with Crippen LogP contribution in [0.15, 0.2) is 91.0 Å². The zero-order valence-corrected chi connectivity index (χ0v) is 22.1. The summed E-state index contributed by atoms with van der Waals surface area (Å²) in [6.07, 6.45) is 1.29. The van der Waals surface area contributed by atoms with E-state index in [1.54, 1.807) is 0 Å². The van der Waals surface area contributed by atoms with Gasteiger partial charge in [0.1, 0.15) is 0 Å². The number of aliphatic carboxylic acids is 1. The van der Waals surface area contributed by atoms with Crippen molar-refractivity contribution in [1.82, 2.24) is 9.97 Å². The highest BCUT2D eigenvalue weighted by Gasteiger charge is 2.50. The summed E-state index contributed by atoms with van der Waals surface area (Å²) >= 11 is 0. The third kappa shape index (κ3) is 6.26. The summed E-state index contributed by atoms with van der Waals surface area (Å²) in [5.41, 5.74) is 3.67. The maximum Gasteiger partial charge on any atom is 0.348 e. The number of carboxylic acids is 1. The molecule has 4 aromatic rings. The molecule has 0 saturated carbocycles. The number of hydrogen-bond donors (Lipinski definition) is 1. The lowest BCUT2D eigenvalue weighted by molar-refractivity contribution is -0.164. The lowest BCUT2D eigenvalue weighted by atomic mass is 9.81. The molecule has 0 aliphatic heterocycles. The molecule has 0 amide bonds. The molecular formula is C32H34N2O4. The van der Waals surface area contributed by atoms with Crippen molar-refractivity contribution in [1.29, 1.82) is 0 Å². The van der Waals surface area contributed by atoms with E-state index in [-0.39, 0.29) is 12.6 Å². The van der Waals surface area contributed by atoms with Gasteiger partial charge in [0.25, 0.3) is 0 Å². The normalized spacial score (nSPS) is 12.2. The molecule has 0 spiro atoms. The Labute approximate surface area is 224 Å². The molecule has 4 rings (SSSR count). The molecule has 6 heteroatoms. The maximum atomic E-state index is 12.9. The summed E-state index contributed by atoms with van der Waals surface area (Å²) in [5, 5.41) is 10.6. The van der Waals surface area contributed by atoms with Crippen molar-refractivity contribution in [3.05, 3.63) is 125 Å². The average molecular weight is 511 g/mol. The van der Waals surface area contributed by atoms with Crippen LogP contribution in [-0.2, 0) is 28.0 Å². The van der Waals surface area contributed by atoms with E-state index >= 15 is 0 Å². The number of hydrogen-bond acceptors (Lipinski definition) is 5. The first-order chi connectivity index (χ1) is 18.4. The quantitative estimate of drug-likeness (QED) is 0.249. The van der Waals surface area contributed by atoms with E-state index in [9.17, 15) is 9.90 Å². The Kier molecular flexibility index (Phi) is 8.87. The van der Waals surface area contributed by atoms with Gasteiger partial charge < -0.3 is 14.6 Å². The lowest BCUT2D eigenvalue weighted by Gasteiger charge is -2.39. The minimum absolute atomic E-state index is 0.00116. The minimum atomic E-state index is -1.46. The van der Waals surface area contributed by atoms with E-state index in [0.29, 0.717) is 28.9 Å². The molecule has 0 radical (unpaired) electrons. The van der Waals surface area contributed by atoms with Crippen LogP contribution in [0, 0.1) is 13.8 Å². The Morgan fingerprint density at radius 3 is 1.79 bits per heavy atom. The third-order valence-corrected chi connectivity index (χ3v) is 6.47. The lowest BCUT2D eigenvalue weighted by Crippen LogP contribution is -2.51. The minimum Gasteiger partial charge on any atom is -0.478 e. The number of nitrogens with zero attached hydrogens (tertiary/aromatic N) is 2. The zero-order chi connectivity index (χ0) is 27.0. The molecule has 1 unspecified atom stereocenters. The van der Waals surface area contributed by atoms with Crippen LogP contribution in [0.1, 0.15) is 47.0 Å². The first-order valence-corrected chi connectivity index (χ1v) is 13.0. The second kappa shape index (κ2) is 12.5. The van der Waals surface area contributed by atoms with Crippen LogP contribution in [0.4, 0.5) is 0 Å². The Bertz CT molecular complexity index is 1270. The Balaban J connectivity index is 1.76. The highest BCUT2D eigenvalue weighted by molar-refractivity contribution is 5.76. The molecule has 0 aliphatic rings. The van der Waals surface area contributed by atoms with Crippen molar-refractivity contribution in [3.8, 4) is 6.01 Å². The average Bonchev–Trinajstić information content (AvgIpc) is 2.92. The molecular weight excluding hydrogens is 476 g/mol. The van der Waals surface area contributed by atoms with E-state index in [2.05, 4.69) is 41.2 Å². The van der Waals surface area contributed by atoms with Crippen LogP contribution < -0.4 is 4.74 Å². The molecule has 6 nitrogen and oxygen atoms in total. The van der Waals surface area contributed by atoms with Gasteiger partial charge in [0.2, 0.25) is 6.10 Å². The van der Waals surface area contributed by atoms with Gasteiger partial charge in [-0.15, -0.1) is 0 Å². The van der Waals surface area contributed by atoms with Crippen molar-refractivity contribution in [2.45, 2.75) is 51.7 Å². The molecule has 0 bridgehead atoms. The van der Waals surface area contributed by atoms with Crippen LogP contribution in [0.5, 0.6) is 6.01 Å². The molecule has 0 saturated heterocycles. The van der Waals surface area contributed by atoms with Crippen molar-refractivity contribution in [2.24, 2.45) is 0 Å². The fraction of sp³-hybridized carbons (Fsp3) is 0.281. The molecule has 1 N–H and O–H groups in total. The number of rotatable bonds is 12. The molecule has 1 atom stereocenters. The van der Waals surface area contributed by atoms with Crippen LogP contribution in [0.2, 0.25) is 0 Å². The van der Waals surface area contributed by atoms with E-state index in [4.69, 9.17) is 9.47 Å². The zero-order valence-electron chi connectivity index (χ0n) is 22.1. The van der Waals surface area contributed by atoms with Crippen LogP contribution in [-0.4, -0.2) is 33.8 Å². The van der Waals surface area contributed by atoms with E-state index in [1.165, 1.54) is 5.56 Å². The first-order valence-electron chi connectivity index (χ1n) is 13.0. The monoisotopic (exact) mass is 510 g/mol. The molecule has 196 valence electrons. The van der Waals surface area contributed by atoms with Gasteiger partial charge in [-0.1, -0.05) is 98.3 Å². The van der Waals surface area contributed by atoms with Crippen LogP contribution >= 0.6 is 0 Å². The van der Waals surface area contributed by atoms with Crippen molar-refractivity contribution >= 4 is 5.97 Å². The molecule has 1 aromatic heterocycles. The Hall–Kier alpha value is -4.03. The highest BCUT2D eigenvalue weighted by atomic mass is 16.6. The van der Waals surface area contributed by atoms with Gasteiger partial charge in [0.05, 0.1) is 6.61 Å². The van der Waals surface area contributed by atoms with Crippen LogP contribution in [0.25, 0.3) is 0 Å². The fourth-order valence-electron chi connectivity index (χ4n) is 4.73. The summed E-state index contributed by atoms with van der Waals surface area (Å²) < 4.78 is 12.8. The largest absolute Gasteiger partial charge is 0.478 e. The van der Waals surface area contributed by atoms with Gasteiger partial charge in [-0.25, -0.2) is 14.8 Å². The van der Waals surface area contributed by atoms with E-state index in [0.717, 1.165) is 18.4 Å². The predicted octanol–water partition coefficient (Wildman–Crippen LogP) is 6.08. The molecule has 0 aliphatic carbocycles. The molecule has 0 fully saturated rings. The van der Waals surface area contributed by atoms with Gasteiger partial charge in [-0.05, 0) is 55.0 Å².